The molecule has 0 aliphatic carbocycles. The first kappa shape index (κ1) is 19.2. The third-order valence-electron chi connectivity index (χ3n) is 3.83. The van der Waals surface area contributed by atoms with Gasteiger partial charge in [-0.15, -0.1) is 0 Å². The van der Waals surface area contributed by atoms with E-state index in [4.69, 9.17) is 27.9 Å². The van der Waals surface area contributed by atoms with Crippen LogP contribution < -0.4 is 10.1 Å². The summed E-state index contributed by atoms with van der Waals surface area (Å²) < 4.78 is 5.71. The van der Waals surface area contributed by atoms with Gasteiger partial charge < -0.3 is 15.0 Å². The first-order valence-electron chi connectivity index (χ1n) is 8.16. The van der Waals surface area contributed by atoms with E-state index in [0.29, 0.717) is 45.0 Å². The molecule has 3 aromatic rings. The van der Waals surface area contributed by atoms with Gasteiger partial charge >= 0.3 is 0 Å². The van der Waals surface area contributed by atoms with E-state index in [-0.39, 0.29) is 0 Å². The van der Waals surface area contributed by atoms with Crippen LogP contribution in [0, 0.1) is 11.3 Å². The number of aromatic nitrogens is 2. The Labute approximate surface area is 167 Å². The van der Waals surface area contributed by atoms with Crippen LogP contribution in [0.25, 0.3) is 10.9 Å². The molecule has 27 heavy (non-hydrogen) atoms. The Morgan fingerprint density at radius 3 is 2.70 bits per heavy atom. The molecule has 8 heteroatoms. The van der Waals surface area contributed by atoms with Crippen LogP contribution >= 0.6 is 23.2 Å². The predicted octanol–water partition coefficient (Wildman–Crippen LogP) is 4.49. The van der Waals surface area contributed by atoms with Crippen LogP contribution in [0.2, 0.25) is 10.0 Å². The van der Waals surface area contributed by atoms with Crippen molar-refractivity contribution < 1.29 is 4.74 Å². The van der Waals surface area contributed by atoms with Crippen molar-refractivity contribution in [3.8, 4) is 11.9 Å². The Bertz CT molecular complexity index is 1020. The number of ether oxygens (including phenoxy) is 1. The zero-order valence-corrected chi connectivity index (χ0v) is 16.3. The zero-order valence-electron chi connectivity index (χ0n) is 14.8. The van der Waals surface area contributed by atoms with Crippen LogP contribution in [0.1, 0.15) is 5.56 Å². The van der Waals surface area contributed by atoms with Crippen LogP contribution in [0.5, 0.6) is 5.88 Å². The monoisotopic (exact) mass is 401 g/mol. The van der Waals surface area contributed by atoms with Crippen molar-refractivity contribution in [2.24, 2.45) is 0 Å². The highest BCUT2D eigenvalue weighted by Crippen LogP contribution is 2.34. The molecule has 0 amide bonds. The van der Waals surface area contributed by atoms with E-state index in [1.54, 1.807) is 30.5 Å². The zero-order chi connectivity index (χ0) is 19.4. The van der Waals surface area contributed by atoms with E-state index in [2.05, 4.69) is 21.4 Å². The van der Waals surface area contributed by atoms with Crippen molar-refractivity contribution in [1.29, 1.82) is 5.26 Å². The van der Waals surface area contributed by atoms with Gasteiger partial charge in [-0.25, -0.2) is 4.98 Å². The summed E-state index contributed by atoms with van der Waals surface area (Å²) >= 11 is 12.2. The van der Waals surface area contributed by atoms with Crippen molar-refractivity contribution in [2.75, 3.05) is 32.6 Å². The summed E-state index contributed by atoms with van der Waals surface area (Å²) in [6, 6.07) is 9.04. The van der Waals surface area contributed by atoms with Crippen LogP contribution in [0.15, 0.2) is 36.7 Å². The summed E-state index contributed by atoms with van der Waals surface area (Å²) in [5.41, 5.74) is 2.25. The number of halogens is 2. The van der Waals surface area contributed by atoms with Crippen molar-refractivity contribution in [2.45, 2.75) is 0 Å². The molecular weight excluding hydrogens is 385 g/mol. The molecule has 0 aliphatic heterocycles. The number of anilines is 2. The molecule has 3 rings (SSSR count). The number of nitriles is 1. The van der Waals surface area contributed by atoms with E-state index >= 15 is 0 Å². The number of fused-ring (bicyclic) bond motifs is 1. The first-order valence-corrected chi connectivity index (χ1v) is 8.92. The molecule has 0 unspecified atom stereocenters. The van der Waals surface area contributed by atoms with Gasteiger partial charge in [-0.1, -0.05) is 23.2 Å². The Balaban J connectivity index is 2.01. The summed E-state index contributed by atoms with van der Waals surface area (Å²) in [6.45, 7) is 1.27. The summed E-state index contributed by atoms with van der Waals surface area (Å²) in [6.07, 6.45) is 3.12. The molecule has 0 saturated carbocycles. The van der Waals surface area contributed by atoms with E-state index in [1.807, 2.05) is 19.0 Å². The molecule has 138 valence electrons. The number of likely N-dealkylation sites (N-methyl/N-ethyl adjacent to an activating group) is 1. The van der Waals surface area contributed by atoms with E-state index < -0.39 is 0 Å². The van der Waals surface area contributed by atoms with Gasteiger partial charge in [-0.05, 0) is 32.3 Å². The SMILES string of the molecule is CN(C)CCOc1cc2c(Nc3ccc(Cl)cc3Cl)c(C#N)cnc2cn1. The molecular formula is C19H17Cl2N5O. The Morgan fingerprint density at radius 2 is 2.00 bits per heavy atom. The minimum Gasteiger partial charge on any atom is -0.476 e. The fraction of sp³-hybridized carbons (Fsp3) is 0.211. The molecule has 0 atom stereocenters. The maximum absolute atomic E-state index is 9.50. The smallest absolute Gasteiger partial charge is 0.214 e. The number of benzene rings is 1. The second-order valence-corrected chi connectivity index (χ2v) is 6.94. The Morgan fingerprint density at radius 1 is 1.19 bits per heavy atom. The van der Waals surface area contributed by atoms with Gasteiger partial charge in [0.1, 0.15) is 12.7 Å². The Hall–Kier alpha value is -2.59. The normalized spacial score (nSPS) is 10.8. The molecule has 2 heterocycles. The standard InChI is InChI=1S/C19H17Cl2N5O/c1-26(2)5-6-27-18-8-14-17(11-24-18)23-10-12(9-22)19(14)25-16-4-3-13(20)7-15(16)21/h3-4,7-8,10-11H,5-6H2,1-2H3,(H,23,25). The van der Waals surface area contributed by atoms with Crippen LogP contribution in [-0.2, 0) is 0 Å². The highest BCUT2D eigenvalue weighted by atomic mass is 35.5. The van der Waals surface area contributed by atoms with Crippen molar-refractivity contribution in [3.63, 3.8) is 0 Å². The quantitative estimate of drug-likeness (QED) is 0.655. The summed E-state index contributed by atoms with van der Waals surface area (Å²) in [4.78, 5) is 10.6. The number of hydrogen-bond donors (Lipinski definition) is 1. The molecule has 2 aromatic heterocycles. The highest BCUT2D eigenvalue weighted by molar-refractivity contribution is 6.36. The van der Waals surface area contributed by atoms with Crippen LogP contribution in [0.3, 0.4) is 0 Å². The minimum absolute atomic E-state index is 0.388. The molecule has 1 aromatic carbocycles. The lowest BCUT2D eigenvalue weighted by atomic mass is 10.1. The van der Waals surface area contributed by atoms with Crippen molar-refractivity contribution in [1.82, 2.24) is 14.9 Å². The number of hydrogen-bond acceptors (Lipinski definition) is 6. The Kier molecular flexibility index (Phi) is 5.97. The second-order valence-electron chi connectivity index (χ2n) is 6.10. The average Bonchev–Trinajstić information content (AvgIpc) is 2.63. The molecule has 0 bridgehead atoms. The summed E-state index contributed by atoms with van der Waals surface area (Å²) in [5, 5.41) is 14.4. The molecule has 0 fully saturated rings. The average molecular weight is 402 g/mol. The molecule has 1 N–H and O–H groups in total. The van der Waals surface area contributed by atoms with Gasteiger partial charge in [0.15, 0.2) is 0 Å². The number of pyridine rings is 2. The van der Waals surface area contributed by atoms with Gasteiger partial charge in [-0.3, -0.25) is 4.98 Å². The summed E-state index contributed by atoms with van der Waals surface area (Å²) in [7, 11) is 3.94. The van der Waals surface area contributed by atoms with E-state index in [1.165, 1.54) is 6.20 Å². The lowest BCUT2D eigenvalue weighted by molar-refractivity contribution is 0.254. The van der Waals surface area contributed by atoms with Crippen molar-refractivity contribution in [3.05, 3.63) is 52.3 Å². The number of nitrogens with one attached hydrogen (secondary N) is 1. The third-order valence-corrected chi connectivity index (χ3v) is 4.38. The van der Waals surface area contributed by atoms with E-state index in [9.17, 15) is 5.26 Å². The fourth-order valence-electron chi connectivity index (χ4n) is 2.43. The first-order chi connectivity index (χ1) is 13.0. The lowest BCUT2D eigenvalue weighted by Crippen LogP contribution is -2.19. The molecule has 0 spiro atoms. The molecule has 0 aliphatic rings. The van der Waals surface area contributed by atoms with Gasteiger partial charge in [-0.2, -0.15) is 5.26 Å². The lowest BCUT2D eigenvalue weighted by Gasteiger charge is -2.14. The topological polar surface area (TPSA) is 74.1 Å². The van der Waals surface area contributed by atoms with Crippen molar-refractivity contribution >= 4 is 45.5 Å². The minimum atomic E-state index is 0.388. The van der Waals surface area contributed by atoms with Gasteiger partial charge in [0.25, 0.3) is 0 Å². The summed E-state index contributed by atoms with van der Waals surface area (Å²) in [5.74, 6) is 0.464. The molecule has 0 saturated heterocycles. The van der Waals surface area contributed by atoms with Crippen LogP contribution in [-0.4, -0.2) is 42.1 Å². The highest BCUT2D eigenvalue weighted by Gasteiger charge is 2.13. The number of rotatable bonds is 6. The fourth-order valence-corrected chi connectivity index (χ4v) is 2.89. The van der Waals surface area contributed by atoms with Gasteiger partial charge in [0.05, 0.1) is 33.7 Å². The largest absolute Gasteiger partial charge is 0.476 e. The van der Waals surface area contributed by atoms with Gasteiger partial charge in [0, 0.05) is 29.2 Å². The molecule has 6 nitrogen and oxygen atoms in total. The predicted molar refractivity (Wildman–Crippen MR) is 108 cm³/mol. The maximum Gasteiger partial charge on any atom is 0.214 e. The van der Waals surface area contributed by atoms with Gasteiger partial charge in [0.2, 0.25) is 5.88 Å². The van der Waals surface area contributed by atoms with Crippen LogP contribution in [0.4, 0.5) is 11.4 Å². The molecule has 0 radical (unpaired) electrons. The second kappa shape index (κ2) is 8.40. The van der Waals surface area contributed by atoms with E-state index in [0.717, 1.165) is 11.9 Å². The maximum atomic E-state index is 9.50. The third kappa shape index (κ3) is 4.58. The number of nitrogens with zero attached hydrogens (tertiary/aromatic N) is 4.